The number of hydrogen-bond acceptors (Lipinski definition) is 6. The fourth-order valence-electron chi connectivity index (χ4n) is 5.28. The van der Waals surface area contributed by atoms with Gasteiger partial charge in [0.05, 0.1) is 24.4 Å². The third kappa shape index (κ3) is 8.32. The van der Waals surface area contributed by atoms with Crippen molar-refractivity contribution in [1.29, 1.82) is 0 Å². The summed E-state index contributed by atoms with van der Waals surface area (Å²) in [5, 5.41) is 24.4. The number of urea groups is 1. The van der Waals surface area contributed by atoms with Gasteiger partial charge in [-0.1, -0.05) is 73.7 Å². The molecule has 4 aromatic rings. The molecular formula is C36H38N2O6S. The van der Waals surface area contributed by atoms with Crippen LogP contribution >= 0.6 is 11.8 Å². The molecule has 1 saturated heterocycles. The van der Waals surface area contributed by atoms with Crippen LogP contribution in [0.2, 0.25) is 0 Å². The van der Waals surface area contributed by atoms with Gasteiger partial charge in [-0.15, -0.1) is 11.8 Å². The number of benzene rings is 4. The molecule has 0 bridgehead atoms. The molecule has 0 unspecified atom stereocenters. The molecule has 0 saturated carbocycles. The fourth-order valence-corrected chi connectivity index (χ4v) is 6.35. The Hall–Kier alpha value is -4.15. The predicted molar refractivity (Wildman–Crippen MR) is 175 cm³/mol. The van der Waals surface area contributed by atoms with E-state index >= 15 is 0 Å². The molecule has 5 rings (SSSR count). The highest BCUT2D eigenvalue weighted by atomic mass is 32.2. The normalized spacial score (nSPS) is 19.5. The molecule has 0 aromatic heterocycles. The highest BCUT2D eigenvalue weighted by Gasteiger charge is 2.38. The van der Waals surface area contributed by atoms with Crippen molar-refractivity contribution >= 4 is 23.8 Å². The Morgan fingerprint density at radius 3 is 2.20 bits per heavy atom. The van der Waals surface area contributed by atoms with E-state index in [1.807, 2.05) is 73.7 Å². The van der Waals surface area contributed by atoms with E-state index in [-0.39, 0.29) is 36.3 Å². The molecule has 1 fully saturated rings. The lowest BCUT2D eigenvalue weighted by Crippen LogP contribution is -2.38. The predicted octanol–water partition coefficient (Wildman–Crippen LogP) is 6.95. The van der Waals surface area contributed by atoms with Gasteiger partial charge in [-0.3, -0.25) is 0 Å². The Kier molecular flexibility index (Phi) is 10.9. The summed E-state index contributed by atoms with van der Waals surface area (Å²) in [6, 6.07) is 30.8. The quantitative estimate of drug-likeness (QED) is 0.133. The van der Waals surface area contributed by atoms with Crippen LogP contribution in [0, 0.1) is 5.92 Å². The van der Waals surface area contributed by atoms with E-state index < -0.39 is 12.3 Å². The third-order valence-electron chi connectivity index (χ3n) is 7.87. The Bertz CT molecular complexity index is 1580. The Morgan fingerprint density at radius 2 is 1.53 bits per heavy atom. The number of aliphatic hydroxyl groups is 1. The number of carboxylic acids is 1. The van der Waals surface area contributed by atoms with E-state index in [2.05, 4.69) is 35.8 Å². The largest absolute Gasteiger partial charge is 0.478 e. The van der Waals surface area contributed by atoms with E-state index in [4.69, 9.17) is 9.47 Å². The maximum atomic E-state index is 11.8. The minimum atomic E-state index is -0.946. The van der Waals surface area contributed by atoms with E-state index in [1.165, 1.54) is 0 Å². The zero-order valence-corrected chi connectivity index (χ0v) is 26.1. The van der Waals surface area contributed by atoms with Crippen molar-refractivity contribution in [3.63, 3.8) is 0 Å². The van der Waals surface area contributed by atoms with E-state index in [0.717, 1.165) is 38.3 Å². The van der Waals surface area contributed by atoms with E-state index in [0.29, 0.717) is 18.8 Å². The van der Waals surface area contributed by atoms with Crippen LogP contribution in [-0.4, -0.2) is 40.6 Å². The number of thioether (sulfide) groups is 1. The smallest absolute Gasteiger partial charge is 0.335 e. The molecule has 0 radical (unpaired) electrons. The van der Waals surface area contributed by atoms with Gasteiger partial charge < -0.3 is 30.3 Å². The number of rotatable bonds is 11. The minimum Gasteiger partial charge on any atom is -0.478 e. The summed E-state index contributed by atoms with van der Waals surface area (Å²) in [6.45, 7) is 4.99. The second-order valence-electron chi connectivity index (χ2n) is 11.0. The summed E-state index contributed by atoms with van der Waals surface area (Å²) < 4.78 is 13.2. The van der Waals surface area contributed by atoms with Crippen molar-refractivity contribution in [3.8, 4) is 11.1 Å². The number of carbonyl (C=O) groups excluding carboxylic acids is 1. The van der Waals surface area contributed by atoms with Crippen LogP contribution in [0.15, 0.2) is 102 Å². The average molecular weight is 627 g/mol. The monoisotopic (exact) mass is 626 g/mol. The minimum absolute atomic E-state index is 0.0208. The van der Waals surface area contributed by atoms with Crippen molar-refractivity contribution in [2.75, 3.05) is 12.3 Å². The Morgan fingerprint density at radius 1 is 0.822 bits per heavy atom. The first-order chi connectivity index (χ1) is 21.8. The van der Waals surface area contributed by atoms with Gasteiger partial charge in [0, 0.05) is 35.2 Å². The standard InChI is InChI=1S/C36H38N2O6S/c1-3-37-36(42)38-20-25-5-4-6-30(19-25)26-11-13-29(14-12-26)35-43-32(22-45-31-17-15-28(16-18-31)34(40)41)23(2)33(44-35)27-9-7-24(21-39)8-10-27/h4-19,23,32-33,35,39H,3,20-22H2,1-2H3,(H,40,41)(H2,37,38,42)/t23-,32+,33+,35+/m0/s1. The molecule has 234 valence electrons. The van der Waals surface area contributed by atoms with Gasteiger partial charge >= 0.3 is 12.0 Å². The van der Waals surface area contributed by atoms with Crippen LogP contribution in [0.5, 0.6) is 0 Å². The SMILES string of the molecule is CCNC(=O)NCc1cccc(-c2ccc([C@@H]3O[C@H](CSc4ccc(C(=O)O)cc4)[C@H](C)[C@H](c4ccc(CO)cc4)O3)cc2)c1. The van der Waals surface area contributed by atoms with Crippen molar-refractivity contribution in [2.45, 2.75) is 50.4 Å². The summed E-state index contributed by atoms with van der Waals surface area (Å²) in [7, 11) is 0. The van der Waals surface area contributed by atoms with E-state index in [1.54, 1.807) is 23.9 Å². The number of hydrogen-bond donors (Lipinski definition) is 4. The van der Waals surface area contributed by atoms with Crippen LogP contribution in [0.25, 0.3) is 11.1 Å². The summed E-state index contributed by atoms with van der Waals surface area (Å²) in [5.41, 5.74) is 6.10. The number of aliphatic hydroxyl groups excluding tert-OH is 1. The van der Waals surface area contributed by atoms with Gasteiger partial charge in [-0.2, -0.15) is 0 Å². The van der Waals surface area contributed by atoms with Gasteiger partial charge in [0.25, 0.3) is 0 Å². The van der Waals surface area contributed by atoms with E-state index in [9.17, 15) is 19.8 Å². The number of carboxylic acid groups (broad SMARTS) is 1. The van der Waals surface area contributed by atoms with Gasteiger partial charge in [0.1, 0.15) is 0 Å². The second kappa shape index (κ2) is 15.2. The molecule has 4 atom stereocenters. The molecule has 4 aromatic carbocycles. The van der Waals surface area contributed by atoms with Crippen LogP contribution in [0.3, 0.4) is 0 Å². The molecule has 4 N–H and O–H groups in total. The first kappa shape index (κ1) is 32.2. The van der Waals surface area contributed by atoms with Crippen LogP contribution < -0.4 is 10.6 Å². The molecule has 0 spiro atoms. The molecule has 45 heavy (non-hydrogen) atoms. The molecule has 0 aliphatic carbocycles. The molecule has 8 nitrogen and oxygen atoms in total. The van der Waals surface area contributed by atoms with Gasteiger partial charge in [-0.25, -0.2) is 9.59 Å². The average Bonchev–Trinajstić information content (AvgIpc) is 3.07. The Balaban J connectivity index is 1.33. The van der Waals surface area contributed by atoms with Crippen LogP contribution in [-0.2, 0) is 22.6 Å². The molecule has 1 aliphatic heterocycles. The van der Waals surface area contributed by atoms with Gasteiger partial charge in [0.2, 0.25) is 0 Å². The number of carbonyl (C=O) groups is 2. The second-order valence-corrected chi connectivity index (χ2v) is 12.1. The summed E-state index contributed by atoms with van der Waals surface area (Å²) in [4.78, 5) is 24.0. The first-order valence-electron chi connectivity index (χ1n) is 15.0. The zero-order valence-electron chi connectivity index (χ0n) is 25.3. The van der Waals surface area contributed by atoms with Crippen molar-refractivity contribution in [1.82, 2.24) is 10.6 Å². The van der Waals surface area contributed by atoms with Crippen molar-refractivity contribution < 1.29 is 29.3 Å². The number of nitrogens with one attached hydrogen (secondary N) is 2. The first-order valence-corrected chi connectivity index (χ1v) is 16.0. The van der Waals surface area contributed by atoms with Gasteiger partial charge in [-0.05, 0) is 65.1 Å². The summed E-state index contributed by atoms with van der Waals surface area (Å²) in [5.74, 6) is -0.256. The Labute approximate surface area is 267 Å². The maximum absolute atomic E-state index is 11.8. The lowest BCUT2D eigenvalue weighted by Gasteiger charge is -2.41. The van der Waals surface area contributed by atoms with Crippen molar-refractivity contribution in [2.24, 2.45) is 5.92 Å². The molecule has 2 amide bonds. The molecule has 1 heterocycles. The lowest BCUT2D eigenvalue weighted by atomic mass is 9.91. The van der Waals surface area contributed by atoms with Gasteiger partial charge in [0.15, 0.2) is 6.29 Å². The third-order valence-corrected chi connectivity index (χ3v) is 8.97. The van der Waals surface area contributed by atoms with Crippen LogP contribution in [0.4, 0.5) is 4.79 Å². The topological polar surface area (TPSA) is 117 Å². The maximum Gasteiger partial charge on any atom is 0.335 e. The highest BCUT2D eigenvalue weighted by Crippen LogP contribution is 2.43. The molecular weight excluding hydrogens is 588 g/mol. The summed E-state index contributed by atoms with van der Waals surface area (Å²) in [6.07, 6.45) is -0.972. The summed E-state index contributed by atoms with van der Waals surface area (Å²) >= 11 is 1.62. The van der Waals surface area contributed by atoms with Crippen LogP contribution in [0.1, 0.15) is 58.9 Å². The lowest BCUT2D eigenvalue weighted by molar-refractivity contribution is -0.268. The highest BCUT2D eigenvalue weighted by molar-refractivity contribution is 7.99. The number of amides is 2. The fraction of sp³-hybridized carbons (Fsp3) is 0.278. The zero-order chi connectivity index (χ0) is 31.8. The number of aromatic carboxylic acids is 1. The molecule has 1 aliphatic rings. The van der Waals surface area contributed by atoms with Crippen molar-refractivity contribution in [3.05, 3.63) is 125 Å². The number of ether oxygens (including phenoxy) is 2. The molecule has 9 heteroatoms.